The molecule has 1 unspecified atom stereocenters. The molecule has 2 aromatic rings. The first-order valence-electron chi connectivity index (χ1n) is 10.1. The van der Waals surface area contributed by atoms with Gasteiger partial charge >= 0.3 is 0 Å². The van der Waals surface area contributed by atoms with E-state index in [1.807, 2.05) is 25.2 Å². The quantitative estimate of drug-likeness (QED) is 0.652. The van der Waals surface area contributed by atoms with Gasteiger partial charge in [0, 0.05) is 25.7 Å². The zero-order chi connectivity index (χ0) is 20.7. The van der Waals surface area contributed by atoms with Crippen molar-refractivity contribution < 1.29 is 13.5 Å². The Hall–Kier alpha value is -1.77. The normalized spacial score (nSPS) is 17.5. The van der Waals surface area contributed by atoms with Crippen LogP contribution in [0.5, 0.6) is 0 Å². The number of hydrogen-bond acceptors (Lipinski definition) is 5. The van der Waals surface area contributed by atoms with Gasteiger partial charge in [-0.1, -0.05) is 48.5 Å². The number of likely N-dealkylation sites (tertiary alicyclic amines) is 1. The van der Waals surface area contributed by atoms with Gasteiger partial charge in [0.2, 0.25) is 10.0 Å². The number of benzene rings is 2. The number of likely N-dealkylation sites (N-methyl/N-ethyl adjacent to an activating group) is 1. The Labute approximate surface area is 174 Å². The number of aliphatic hydroxyl groups excluding tert-OH is 1. The van der Waals surface area contributed by atoms with Crippen molar-refractivity contribution >= 4 is 10.0 Å². The molecule has 1 aliphatic heterocycles. The van der Waals surface area contributed by atoms with E-state index in [-0.39, 0.29) is 6.04 Å². The van der Waals surface area contributed by atoms with E-state index in [4.69, 9.17) is 0 Å². The summed E-state index contributed by atoms with van der Waals surface area (Å²) in [6, 6.07) is 18.6. The van der Waals surface area contributed by atoms with Crippen LogP contribution >= 0.6 is 0 Å². The third-order valence-corrected chi connectivity index (χ3v) is 6.79. The third kappa shape index (κ3) is 6.90. The van der Waals surface area contributed by atoms with Gasteiger partial charge in [0.25, 0.3) is 0 Å². The molecule has 29 heavy (non-hydrogen) atoms. The number of β-amino-alcohol motifs (C(OH)–C–C–N with tert-alkyl or cyclic N) is 1. The molecule has 2 aromatic carbocycles. The van der Waals surface area contributed by atoms with Gasteiger partial charge in [-0.15, -0.1) is 0 Å². The Kier molecular flexibility index (Phi) is 7.80. The number of aliphatic hydroxyl groups is 1. The van der Waals surface area contributed by atoms with Crippen molar-refractivity contribution in [1.29, 1.82) is 0 Å². The second-order valence-corrected chi connectivity index (χ2v) is 9.56. The topological polar surface area (TPSA) is 72.9 Å². The average molecular weight is 418 g/mol. The highest BCUT2D eigenvalue weighted by atomic mass is 32.2. The monoisotopic (exact) mass is 417 g/mol. The van der Waals surface area contributed by atoms with Crippen molar-refractivity contribution in [3.05, 3.63) is 66.2 Å². The molecular formula is C22H31N3O3S. The van der Waals surface area contributed by atoms with Crippen molar-refractivity contribution in [3.63, 3.8) is 0 Å². The molecule has 0 aliphatic carbocycles. The molecule has 1 heterocycles. The van der Waals surface area contributed by atoms with E-state index in [2.05, 4.69) is 26.7 Å². The Morgan fingerprint density at radius 1 is 1.07 bits per heavy atom. The van der Waals surface area contributed by atoms with Gasteiger partial charge < -0.3 is 10.0 Å². The first-order chi connectivity index (χ1) is 13.9. The molecule has 2 N–H and O–H groups in total. The van der Waals surface area contributed by atoms with Gasteiger partial charge in [0.05, 0.1) is 11.0 Å². The molecule has 158 valence electrons. The fourth-order valence-corrected chi connectivity index (χ4v) is 5.12. The van der Waals surface area contributed by atoms with E-state index in [1.54, 1.807) is 30.3 Å². The molecule has 0 aromatic heterocycles. The molecule has 7 heteroatoms. The Morgan fingerprint density at radius 3 is 2.28 bits per heavy atom. The minimum absolute atomic E-state index is 0.0608. The first-order valence-corrected chi connectivity index (χ1v) is 11.6. The molecule has 3 rings (SSSR count). The van der Waals surface area contributed by atoms with Crippen LogP contribution in [0.3, 0.4) is 0 Å². The minimum atomic E-state index is -3.47. The van der Waals surface area contributed by atoms with Gasteiger partial charge in [-0.05, 0) is 50.7 Å². The molecule has 1 aliphatic rings. The van der Waals surface area contributed by atoms with Crippen LogP contribution in [0.15, 0.2) is 65.6 Å². The molecule has 0 spiro atoms. The Balaban J connectivity index is 1.40. The summed E-state index contributed by atoms with van der Waals surface area (Å²) >= 11 is 0. The van der Waals surface area contributed by atoms with E-state index < -0.39 is 16.1 Å². The van der Waals surface area contributed by atoms with Crippen LogP contribution in [0.2, 0.25) is 0 Å². The van der Waals surface area contributed by atoms with Crippen LogP contribution in [-0.4, -0.2) is 68.7 Å². The number of piperidine rings is 1. The van der Waals surface area contributed by atoms with E-state index >= 15 is 0 Å². The second kappa shape index (κ2) is 10.3. The van der Waals surface area contributed by atoms with Crippen molar-refractivity contribution in [3.8, 4) is 0 Å². The van der Waals surface area contributed by atoms with Crippen LogP contribution in [-0.2, 0) is 16.6 Å². The smallest absolute Gasteiger partial charge is 0.240 e. The van der Waals surface area contributed by atoms with Gasteiger partial charge in [0.15, 0.2) is 0 Å². The fourth-order valence-electron chi connectivity index (χ4n) is 3.80. The lowest BCUT2D eigenvalue weighted by Crippen LogP contribution is -2.47. The first kappa shape index (κ1) is 21.9. The zero-order valence-electron chi connectivity index (χ0n) is 16.9. The van der Waals surface area contributed by atoms with E-state index in [0.29, 0.717) is 18.0 Å². The maximum atomic E-state index is 12.5. The number of sulfonamides is 1. The lowest BCUT2D eigenvalue weighted by Gasteiger charge is -2.34. The second-order valence-electron chi connectivity index (χ2n) is 7.85. The molecule has 0 amide bonds. The molecule has 1 fully saturated rings. The van der Waals surface area contributed by atoms with Crippen LogP contribution in [0, 0.1) is 0 Å². The zero-order valence-corrected chi connectivity index (χ0v) is 17.8. The van der Waals surface area contributed by atoms with E-state index in [1.165, 1.54) is 5.56 Å². The SMILES string of the molecule is CN(Cc1ccccc1)CC(O)CN1CCC(NS(=O)(=O)c2ccccc2)CC1. The summed E-state index contributed by atoms with van der Waals surface area (Å²) in [6.07, 6.45) is 1.07. The summed E-state index contributed by atoms with van der Waals surface area (Å²) in [5, 5.41) is 10.5. The number of nitrogens with one attached hydrogen (secondary N) is 1. The molecule has 0 saturated carbocycles. The van der Waals surface area contributed by atoms with Crippen LogP contribution in [0.25, 0.3) is 0 Å². The third-order valence-electron chi connectivity index (χ3n) is 5.25. The summed E-state index contributed by atoms with van der Waals surface area (Å²) in [6.45, 7) is 3.58. The summed E-state index contributed by atoms with van der Waals surface area (Å²) in [5.41, 5.74) is 1.23. The van der Waals surface area contributed by atoms with Crippen molar-refractivity contribution in [2.75, 3.05) is 33.2 Å². The highest BCUT2D eigenvalue weighted by molar-refractivity contribution is 7.89. The summed E-state index contributed by atoms with van der Waals surface area (Å²) in [5.74, 6) is 0. The standard InChI is InChI=1S/C22H31N3O3S/c1-24(16-19-8-4-2-5-9-19)17-21(26)18-25-14-12-20(13-15-25)23-29(27,28)22-10-6-3-7-11-22/h2-11,20-21,23,26H,12-18H2,1H3. The number of rotatable bonds is 9. The highest BCUT2D eigenvalue weighted by Crippen LogP contribution is 2.15. The Morgan fingerprint density at radius 2 is 1.66 bits per heavy atom. The molecular weight excluding hydrogens is 386 g/mol. The van der Waals surface area contributed by atoms with Gasteiger partial charge in [-0.25, -0.2) is 13.1 Å². The van der Waals surface area contributed by atoms with Crippen molar-refractivity contribution in [2.24, 2.45) is 0 Å². The summed E-state index contributed by atoms with van der Waals surface area (Å²) in [7, 11) is -1.46. The lowest BCUT2D eigenvalue weighted by molar-refractivity contribution is 0.0693. The molecule has 0 bridgehead atoms. The molecule has 6 nitrogen and oxygen atoms in total. The number of hydrogen-bond donors (Lipinski definition) is 2. The summed E-state index contributed by atoms with van der Waals surface area (Å²) in [4.78, 5) is 4.65. The molecule has 0 radical (unpaired) electrons. The van der Waals surface area contributed by atoms with Crippen LogP contribution < -0.4 is 4.72 Å². The van der Waals surface area contributed by atoms with Gasteiger partial charge in [-0.3, -0.25) is 4.90 Å². The Bertz CT molecular complexity index is 838. The van der Waals surface area contributed by atoms with Crippen molar-refractivity contribution in [2.45, 2.75) is 36.4 Å². The van der Waals surface area contributed by atoms with Crippen molar-refractivity contribution in [1.82, 2.24) is 14.5 Å². The fraction of sp³-hybridized carbons (Fsp3) is 0.455. The predicted molar refractivity (Wildman–Crippen MR) is 115 cm³/mol. The van der Waals surface area contributed by atoms with Gasteiger partial charge in [0.1, 0.15) is 0 Å². The number of nitrogens with zero attached hydrogens (tertiary/aromatic N) is 2. The van der Waals surface area contributed by atoms with Crippen LogP contribution in [0.4, 0.5) is 0 Å². The minimum Gasteiger partial charge on any atom is -0.390 e. The average Bonchev–Trinajstić information content (AvgIpc) is 2.70. The lowest BCUT2D eigenvalue weighted by atomic mass is 10.1. The molecule has 1 saturated heterocycles. The maximum absolute atomic E-state index is 12.5. The van der Waals surface area contributed by atoms with E-state index in [9.17, 15) is 13.5 Å². The highest BCUT2D eigenvalue weighted by Gasteiger charge is 2.25. The summed E-state index contributed by atoms with van der Waals surface area (Å²) < 4.78 is 27.7. The predicted octanol–water partition coefficient (Wildman–Crippen LogP) is 1.92. The van der Waals surface area contributed by atoms with Gasteiger partial charge in [-0.2, -0.15) is 0 Å². The van der Waals surface area contributed by atoms with E-state index in [0.717, 1.165) is 32.5 Å². The maximum Gasteiger partial charge on any atom is 0.240 e. The molecule has 1 atom stereocenters. The largest absolute Gasteiger partial charge is 0.390 e. The van der Waals surface area contributed by atoms with Crippen LogP contribution in [0.1, 0.15) is 18.4 Å².